The van der Waals surface area contributed by atoms with Crippen molar-refractivity contribution in [2.45, 2.75) is 89.9 Å². The van der Waals surface area contributed by atoms with Crippen LogP contribution in [0.2, 0.25) is 18.1 Å². The quantitative estimate of drug-likeness (QED) is 0.491. The van der Waals surface area contributed by atoms with Gasteiger partial charge in [0.25, 0.3) is 0 Å². The normalized spacial score (nSPS) is 20.7. The van der Waals surface area contributed by atoms with Crippen molar-refractivity contribution >= 4 is 8.07 Å². The van der Waals surface area contributed by atoms with Crippen LogP contribution in [0.25, 0.3) is 0 Å². The molecule has 0 N–H and O–H groups in total. The van der Waals surface area contributed by atoms with Crippen LogP contribution in [0.5, 0.6) is 0 Å². The summed E-state index contributed by atoms with van der Waals surface area (Å²) in [4.78, 5) is 0. The molecule has 1 fully saturated rings. The van der Waals surface area contributed by atoms with E-state index < -0.39 is 8.07 Å². The van der Waals surface area contributed by atoms with E-state index in [1.807, 2.05) is 0 Å². The monoisotopic (exact) mass is 316 g/mol. The molecule has 0 saturated carbocycles. The maximum Gasteiger partial charge on any atom is 0.104 e. The second-order valence-corrected chi connectivity index (χ2v) is 15.0. The fourth-order valence-corrected chi connectivity index (χ4v) is 4.46. The Morgan fingerprint density at radius 2 is 1.52 bits per heavy atom. The average molecular weight is 317 g/mol. The lowest BCUT2D eigenvalue weighted by atomic mass is 10.1. The SMILES string of the molecule is CC(C)(CCOC(C)(C)[Si](C)(C)C(C)(C)C)OCC1CO1. The summed E-state index contributed by atoms with van der Waals surface area (Å²) >= 11 is 0. The number of hydrogen-bond acceptors (Lipinski definition) is 3. The summed E-state index contributed by atoms with van der Waals surface area (Å²) in [6, 6.07) is 0. The highest BCUT2D eigenvalue weighted by molar-refractivity contribution is 6.82. The lowest BCUT2D eigenvalue weighted by molar-refractivity contribution is -0.0595. The van der Waals surface area contributed by atoms with Gasteiger partial charge in [-0.3, -0.25) is 0 Å². The molecule has 0 radical (unpaired) electrons. The molecule has 1 atom stereocenters. The molecule has 126 valence electrons. The molecule has 0 aliphatic carbocycles. The van der Waals surface area contributed by atoms with Crippen LogP contribution in [-0.4, -0.2) is 44.8 Å². The molecule has 1 rings (SSSR count). The second-order valence-electron chi connectivity index (χ2n) is 9.01. The zero-order valence-corrected chi connectivity index (χ0v) is 16.6. The maximum atomic E-state index is 6.33. The summed E-state index contributed by atoms with van der Waals surface area (Å²) in [5, 5.41) is 0.284. The summed E-state index contributed by atoms with van der Waals surface area (Å²) in [6.45, 7) is 23.0. The van der Waals surface area contributed by atoms with Gasteiger partial charge in [-0.25, -0.2) is 0 Å². The molecule has 0 aromatic rings. The zero-order chi connectivity index (χ0) is 16.5. The van der Waals surface area contributed by atoms with E-state index in [1.54, 1.807) is 0 Å². The summed E-state index contributed by atoms with van der Waals surface area (Å²) < 4.78 is 17.5. The number of hydrogen-bond donors (Lipinski definition) is 0. The van der Waals surface area contributed by atoms with Gasteiger partial charge in [0.1, 0.15) is 6.10 Å². The molecule has 3 nitrogen and oxygen atoms in total. The van der Waals surface area contributed by atoms with Crippen LogP contribution in [0.15, 0.2) is 0 Å². The molecule has 0 amide bonds. The topological polar surface area (TPSA) is 31.0 Å². The Hall–Kier alpha value is 0.0969. The van der Waals surface area contributed by atoms with E-state index in [4.69, 9.17) is 14.2 Å². The third kappa shape index (κ3) is 5.34. The molecule has 0 aromatic carbocycles. The Morgan fingerprint density at radius 1 is 1.00 bits per heavy atom. The van der Waals surface area contributed by atoms with E-state index in [9.17, 15) is 0 Å². The Balaban J connectivity index is 2.45. The average Bonchev–Trinajstić information content (AvgIpc) is 3.07. The van der Waals surface area contributed by atoms with Gasteiger partial charge in [0, 0.05) is 6.61 Å². The molecule has 1 aliphatic heterocycles. The highest BCUT2D eigenvalue weighted by Gasteiger charge is 2.48. The predicted octanol–water partition coefficient (Wildman–Crippen LogP) is 4.41. The van der Waals surface area contributed by atoms with Crippen molar-refractivity contribution in [2.75, 3.05) is 19.8 Å². The van der Waals surface area contributed by atoms with Gasteiger partial charge in [-0.1, -0.05) is 33.9 Å². The van der Waals surface area contributed by atoms with Gasteiger partial charge in [0.05, 0.1) is 32.1 Å². The lowest BCUT2D eigenvalue weighted by Gasteiger charge is -2.48. The van der Waals surface area contributed by atoms with E-state index in [0.717, 1.165) is 19.6 Å². The molecule has 0 aromatic heterocycles. The highest BCUT2D eigenvalue weighted by atomic mass is 28.3. The number of ether oxygens (including phenoxy) is 3. The molecular weight excluding hydrogens is 280 g/mol. The second kappa shape index (κ2) is 6.30. The van der Waals surface area contributed by atoms with E-state index in [-0.39, 0.29) is 10.8 Å². The predicted molar refractivity (Wildman–Crippen MR) is 91.6 cm³/mol. The van der Waals surface area contributed by atoms with Gasteiger partial charge in [-0.2, -0.15) is 0 Å². The van der Waals surface area contributed by atoms with E-state index >= 15 is 0 Å². The first kappa shape index (κ1) is 19.1. The number of rotatable bonds is 8. The van der Waals surface area contributed by atoms with Crippen LogP contribution >= 0.6 is 0 Å². The summed E-state index contributed by atoms with van der Waals surface area (Å²) in [6.07, 6.45) is 1.24. The highest BCUT2D eigenvalue weighted by Crippen LogP contribution is 2.44. The lowest BCUT2D eigenvalue weighted by Crippen LogP contribution is -2.58. The van der Waals surface area contributed by atoms with Gasteiger partial charge < -0.3 is 14.2 Å². The van der Waals surface area contributed by atoms with Gasteiger partial charge in [0.15, 0.2) is 0 Å². The third-order valence-corrected chi connectivity index (χ3v) is 12.5. The zero-order valence-electron chi connectivity index (χ0n) is 15.6. The van der Waals surface area contributed by atoms with Crippen LogP contribution in [0, 0.1) is 0 Å². The van der Waals surface area contributed by atoms with Crippen LogP contribution < -0.4 is 0 Å². The molecule has 1 heterocycles. The summed E-state index contributed by atoms with van der Waals surface area (Å²) in [5.74, 6) is 0. The first-order chi connectivity index (χ1) is 9.29. The van der Waals surface area contributed by atoms with Crippen LogP contribution in [-0.2, 0) is 14.2 Å². The molecule has 0 bridgehead atoms. The summed E-state index contributed by atoms with van der Waals surface area (Å²) in [7, 11) is -1.54. The van der Waals surface area contributed by atoms with E-state index in [0.29, 0.717) is 17.7 Å². The molecule has 4 heteroatoms. The van der Waals surface area contributed by atoms with Gasteiger partial charge in [-0.05, 0) is 39.2 Å². The smallest absolute Gasteiger partial charge is 0.104 e. The van der Waals surface area contributed by atoms with Crippen molar-refractivity contribution < 1.29 is 14.2 Å². The molecule has 1 unspecified atom stereocenters. The Labute approximate surface area is 132 Å². The standard InChI is InChI=1S/C17H36O3Si/c1-15(2,3)21(8,9)17(6,7)19-11-10-16(4,5)20-13-14-12-18-14/h14H,10-13H2,1-9H3. The fourth-order valence-electron chi connectivity index (χ4n) is 2.19. The van der Waals surface area contributed by atoms with Crippen molar-refractivity contribution in [3.05, 3.63) is 0 Å². The minimum absolute atomic E-state index is 0.0407. The Kier molecular flexibility index (Phi) is 5.75. The maximum absolute atomic E-state index is 6.33. The summed E-state index contributed by atoms with van der Waals surface area (Å²) in [5.41, 5.74) is -0.143. The van der Waals surface area contributed by atoms with Crippen LogP contribution in [0.1, 0.15) is 54.9 Å². The van der Waals surface area contributed by atoms with Crippen molar-refractivity contribution in [2.24, 2.45) is 0 Å². The van der Waals surface area contributed by atoms with E-state index in [1.165, 1.54) is 0 Å². The third-order valence-electron chi connectivity index (χ3n) is 5.61. The van der Waals surface area contributed by atoms with Crippen molar-refractivity contribution in [3.8, 4) is 0 Å². The molecule has 1 aliphatic rings. The van der Waals surface area contributed by atoms with E-state index in [2.05, 4.69) is 61.6 Å². The molecule has 21 heavy (non-hydrogen) atoms. The van der Waals surface area contributed by atoms with Gasteiger partial charge in [0.2, 0.25) is 0 Å². The largest absolute Gasteiger partial charge is 0.379 e. The van der Waals surface area contributed by atoms with Crippen LogP contribution in [0.3, 0.4) is 0 Å². The molecule has 1 saturated heterocycles. The van der Waals surface area contributed by atoms with Crippen LogP contribution in [0.4, 0.5) is 0 Å². The van der Waals surface area contributed by atoms with Gasteiger partial charge in [-0.15, -0.1) is 0 Å². The number of epoxide rings is 1. The van der Waals surface area contributed by atoms with Crippen molar-refractivity contribution in [1.82, 2.24) is 0 Å². The Morgan fingerprint density at radius 3 is 1.95 bits per heavy atom. The fraction of sp³-hybridized carbons (Fsp3) is 1.00. The van der Waals surface area contributed by atoms with Gasteiger partial charge >= 0.3 is 0 Å². The Bertz CT molecular complexity index is 338. The van der Waals surface area contributed by atoms with Crippen molar-refractivity contribution in [3.63, 3.8) is 0 Å². The minimum atomic E-state index is -1.54. The van der Waals surface area contributed by atoms with Crippen molar-refractivity contribution in [1.29, 1.82) is 0 Å². The molecular formula is C17H36O3Si. The molecule has 0 spiro atoms. The first-order valence-corrected chi connectivity index (χ1v) is 11.2. The minimum Gasteiger partial charge on any atom is -0.379 e. The first-order valence-electron chi connectivity index (χ1n) is 8.18.